The van der Waals surface area contributed by atoms with Crippen molar-refractivity contribution in [2.24, 2.45) is 0 Å². The zero-order valence-corrected chi connectivity index (χ0v) is 12.0. The van der Waals surface area contributed by atoms with Gasteiger partial charge in [-0.15, -0.1) is 0 Å². The average molecular weight is 281 g/mol. The van der Waals surface area contributed by atoms with Crippen LogP contribution in [0.1, 0.15) is 29.8 Å². The highest BCUT2D eigenvalue weighted by molar-refractivity contribution is 6.31. The third-order valence-corrected chi connectivity index (χ3v) is 3.54. The number of halogens is 1. The summed E-state index contributed by atoms with van der Waals surface area (Å²) in [7, 11) is 1.56. The average Bonchev–Trinajstić information content (AvgIpc) is 2.83. The summed E-state index contributed by atoms with van der Waals surface area (Å²) in [6, 6.07) is 5.52. The molecule has 1 heterocycles. The summed E-state index contributed by atoms with van der Waals surface area (Å²) < 4.78 is 6.97. The van der Waals surface area contributed by atoms with E-state index in [2.05, 4.69) is 5.10 Å². The van der Waals surface area contributed by atoms with E-state index >= 15 is 0 Å². The predicted molar refractivity (Wildman–Crippen MR) is 74.7 cm³/mol. The molecule has 0 aliphatic heterocycles. The molecule has 4 nitrogen and oxygen atoms in total. The van der Waals surface area contributed by atoms with Crippen LogP contribution < -0.4 is 4.74 Å². The molecule has 1 aromatic carbocycles. The molecule has 1 aromatic heterocycles. The van der Waals surface area contributed by atoms with Crippen molar-refractivity contribution >= 4 is 11.6 Å². The highest BCUT2D eigenvalue weighted by Gasteiger charge is 2.21. The molecule has 0 fully saturated rings. The van der Waals surface area contributed by atoms with Crippen LogP contribution in [0.2, 0.25) is 5.02 Å². The molecule has 0 bridgehead atoms. The number of aryl methyl sites for hydroxylation is 2. The molecular weight excluding hydrogens is 264 g/mol. The summed E-state index contributed by atoms with van der Waals surface area (Å²) in [6.07, 6.45) is 0.799. The Kier molecular flexibility index (Phi) is 4.12. The number of rotatable bonds is 4. The number of methoxy groups -OCH3 is 1. The number of benzene rings is 1. The Morgan fingerprint density at radius 1 is 1.47 bits per heavy atom. The molecule has 102 valence electrons. The van der Waals surface area contributed by atoms with Gasteiger partial charge in [0.25, 0.3) is 0 Å². The fourth-order valence-electron chi connectivity index (χ4n) is 2.00. The molecule has 0 saturated carbocycles. The van der Waals surface area contributed by atoms with Gasteiger partial charge in [-0.05, 0) is 31.0 Å². The molecular formula is C14H17ClN2O2. The highest BCUT2D eigenvalue weighted by Crippen LogP contribution is 2.31. The first kappa shape index (κ1) is 13.9. The standard InChI is InChI=1S/C14H17ClN2O2/c1-4-17-13(12(19-3)8-16-17)14(18)10-6-5-9(2)11(15)7-10/h5-8,14,18H,4H2,1-3H3. The molecule has 5 heteroatoms. The number of hydrogen-bond acceptors (Lipinski definition) is 3. The van der Waals surface area contributed by atoms with Gasteiger partial charge in [0.2, 0.25) is 0 Å². The first-order chi connectivity index (χ1) is 9.08. The van der Waals surface area contributed by atoms with Crippen molar-refractivity contribution < 1.29 is 9.84 Å². The number of aromatic nitrogens is 2. The van der Waals surface area contributed by atoms with Crippen LogP contribution in [-0.4, -0.2) is 22.0 Å². The van der Waals surface area contributed by atoms with Crippen molar-refractivity contribution in [2.75, 3.05) is 7.11 Å². The Morgan fingerprint density at radius 2 is 2.21 bits per heavy atom. The van der Waals surface area contributed by atoms with Gasteiger partial charge >= 0.3 is 0 Å². The summed E-state index contributed by atoms with van der Waals surface area (Å²) in [5.74, 6) is 0.575. The molecule has 0 spiro atoms. The molecule has 0 aliphatic rings. The van der Waals surface area contributed by atoms with Gasteiger partial charge in [-0.3, -0.25) is 4.68 Å². The van der Waals surface area contributed by atoms with Gasteiger partial charge in [0.15, 0.2) is 5.75 Å². The van der Waals surface area contributed by atoms with E-state index in [-0.39, 0.29) is 0 Å². The van der Waals surface area contributed by atoms with Crippen molar-refractivity contribution in [2.45, 2.75) is 26.5 Å². The zero-order valence-electron chi connectivity index (χ0n) is 11.2. The summed E-state index contributed by atoms with van der Waals surface area (Å²) in [5.41, 5.74) is 2.35. The second-order valence-corrected chi connectivity index (χ2v) is 4.73. The minimum absolute atomic E-state index is 0.575. The maximum absolute atomic E-state index is 10.5. The van der Waals surface area contributed by atoms with E-state index in [9.17, 15) is 5.11 Å². The largest absolute Gasteiger partial charge is 0.493 e. The van der Waals surface area contributed by atoms with Crippen LogP contribution in [0.15, 0.2) is 24.4 Å². The maximum atomic E-state index is 10.5. The Hall–Kier alpha value is -1.52. The maximum Gasteiger partial charge on any atom is 0.163 e. The topological polar surface area (TPSA) is 47.3 Å². The van der Waals surface area contributed by atoms with Gasteiger partial charge in [-0.2, -0.15) is 5.10 Å². The molecule has 0 saturated heterocycles. The third-order valence-electron chi connectivity index (χ3n) is 3.13. The van der Waals surface area contributed by atoms with Crippen molar-refractivity contribution in [3.63, 3.8) is 0 Å². The zero-order chi connectivity index (χ0) is 14.0. The Morgan fingerprint density at radius 3 is 2.79 bits per heavy atom. The molecule has 19 heavy (non-hydrogen) atoms. The fraction of sp³-hybridized carbons (Fsp3) is 0.357. The molecule has 1 unspecified atom stereocenters. The van der Waals surface area contributed by atoms with E-state index in [0.717, 1.165) is 11.1 Å². The number of aliphatic hydroxyl groups is 1. The summed E-state index contributed by atoms with van der Waals surface area (Å²) in [4.78, 5) is 0. The van der Waals surface area contributed by atoms with Gasteiger partial charge in [0.05, 0.1) is 13.3 Å². The number of ether oxygens (including phenoxy) is 1. The molecule has 0 aliphatic carbocycles. The van der Waals surface area contributed by atoms with Crippen LogP contribution in [0.5, 0.6) is 5.75 Å². The number of hydrogen-bond donors (Lipinski definition) is 1. The third kappa shape index (κ3) is 2.60. The van der Waals surface area contributed by atoms with E-state index in [1.165, 1.54) is 0 Å². The lowest BCUT2D eigenvalue weighted by Gasteiger charge is -2.15. The number of nitrogens with zero attached hydrogens (tertiary/aromatic N) is 2. The molecule has 0 radical (unpaired) electrons. The lowest BCUT2D eigenvalue weighted by molar-refractivity contribution is 0.202. The van der Waals surface area contributed by atoms with Gasteiger partial charge in [-0.1, -0.05) is 23.7 Å². The number of aliphatic hydroxyl groups excluding tert-OH is 1. The van der Waals surface area contributed by atoms with E-state index in [4.69, 9.17) is 16.3 Å². The van der Waals surface area contributed by atoms with Gasteiger partial charge in [0, 0.05) is 11.6 Å². The van der Waals surface area contributed by atoms with Gasteiger partial charge in [-0.25, -0.2) is 0 Å². The van der Waals surface area contributed by atoms with Gasteiger partial charge < -0.3 is 9.84 Å². The second kappa shape index (κ2) is 5.63. The van der Waals surface area contributed by atoms with Crippen LogP contribution in [0.3, 0.4) is 0 Å². The lowest BCUT2D eigenvalue weighted by atomic mass is 10.0. The lowest BCUT2D eigenvalue weighted by Crippen LogP contribution is -2.10. The summed E-state index contributed by atoms with van der Waals surface area (Å²) >= 11 is 6.10. The normalized spacial score (nSPS) is 12.5. The quantitative estimate of drug-likeness (QED) is 0.937. The van der Waals surface area contributed by atoms with Crippen molar-refractivity contribution in [1.29, 1.82) is 0 Å². The smallest absolute Gasteiger partial charge is 0.163 e. The first-order valence-electron chi connectivity index (χ1n) is 6.12. The van der Waals surface area contributed by atoms with Crippen molar-refractivity contribution in [3.8, 4) is 5.75 Å². The second-order valence-electron chi connectivity index (χ2n) is 4.33. The summed E-state index contributed by atoms with van der Waals surface area (Å²) in [6.45, 7) is 4.55. The monoisotopic (exact) mass is 280 g/mol. The fourth-order valence-corrected chi connectivity index (χ4v) is 2.19. The van der Waals surface area contributed by atoms with Crippen molar-refractivity contribution in [1.82, 2.24) is 9.78 Å². The van der Waals surface area contributed by atoms with E-state index in [1.54, 1.807) is 24.1 Å². The van der Waals surface area contributed by atoms with E-state index in [0.29, 0.717) is 23.0 Å². The van der Waals surface area contributed by atoms with Crippen LogP contribution in [0.25, 0.3) is 0 Å². The minimum atomic E-state index is -0.810. The SMILES string of the molecule is CCn1ncc(OC)c1C(O)c1ccc(C)c(Cl)c1. The highest BCUT2D eigenvalue weighted by atomic mass is 35.5. The van der Waals surface area contributed by atoms with E-state index < -0.39 is 6.10 Å². The molecule has 0 amide bonds. The molecule has 2 rings (SSSR count). The van der Waals surface area contributed by atoms with Crippen LogP contribution >= 0.6 is 11.6 Å². The summed E-state index contributed by atoms with van der Waals surface area (Å²) in [5, 5.41) is 15.3. The first-order valence-corrected chi connectivity index (χ1v) is 6.50. The van der Waals surface area contributed by atoms with E-state index in [1.807, 2.05) is 26.0 Å². The Bertz CT molecular complexity index is 559. The van der Waals surface area contributed by atoms with Crippen molar-refractivity contribution in [3.05, 3.63) is 46.2 Å². The molecule has 2 aromatic rings. The van der Waals surface area contributed by atoms with Crippen LogP contribution in [0.4, 0.5) is 0 Å². The van der Waals surface area contributed by atoms with Crippen LogP contribution in [-0.2, 0) is 6.54 Å². The molecule has 1 N–H and O–H groups in total. The molecule has 1 atom stereocenters. The predicted octanol–water partition coefficient (Wildman–Crippen LogP) is 2.96. The Labute approximate surface area is 117 Å². The van der Waals surface area contributed by atoms with Gasteiger partial charge in [0.1, 0.15) is 11.8 Å². The minimum Gasteiger partial charge on any atom is -0.493 e. The Balaban J connectivity index is 2.45. The van der Waals surface area contributed by atoms with Crippen LogP contribution in [0, 0.1) is 6.92 Å².